The van der Waals surface area contributed by atoms with E-state index >= 15 is 0 Å². The molecule has 5 rings (SSSR count). The molecule has 0 unspecified atom stereocenters. The average molecular weight is 423 g/mol. The van der Waals surface area contributed by atoms with E-state index in [2.05, 4.69) is 44.4 Å². The monoisotopic (exact) mass is 422 g/mol. The predicted molar refractivity (Wildman–Crippen MR) is 122 cm³/mol. The Kier molecular flexibility index (Phi) is 5.63. The van der Waals surface area contributed by atoms with Gasteiger partial charge in [0.05, 0.1) is 26.0 Å². The average Bonchev–Trinajstić information content (AvgIpc) is 3.35. The van der Waals surface area contributed by atoms with Gasteiger partial charge in [0.15, 0.2) is 5.82 Å². The molecule has 1 N–H and O–H groups in total. The summed E-state index contributed by atoms with van der Waals surface area (Å²) in [4.78, 5) is 28.4. The highest BCUT2D eigenvalue weighted by molar-refractivity contribution is 6.02. The minimum atomic E-state index is 0.130. The summed E-state index contributed by atoms with van der Waals surface area (Å²) in [6.45, 7) is 6.42. The number of anilines is 5. The summed E-state index contributed by atoms with van der Waals surface area (Å²) in [5.41, 5.74) is 2.96. The Labute approximate surface area is 183 Å². The number of rotatable bonds is 5. The van der Waals surface area contributed by atoms with E-state index in [1.165, 1.54) is 18.5 Å². The van der Waals surface area contributed by atoms with Crippen molar-refractivity contribution in [3.05, 3.63) is 30.5 Å². The molecule has 2 aliphatic heterocycles. The molecule has 1 amide bonds. The molecule has 1 saturated heterocycles. The molecule has 2 aromatic rings. The minimum Gasteiger partial charge on any atom is -0.378 e. The molecule has 1 aromatic heterocycles. The highest BCUT2D eigenvalue weighted by atomic mass is 16.5. The number of carbonyl (C=O) groups excluding carboxylic acids is 1. The number of fused-ring (bicyclic) bond motifs is 1. The van der Waals surface area contributed by atoms with Crippen LogP contribution in [0, 0.1) is 0 Å². The quantitative estimate of drug-likeness (QED) is 0.793. The third-order valence-electron chi connectivity index (χ3n) is 6.50. The predicted octanol–water partition coefficient (Wildman–Crippen LogP) is 3.17. The van der Waals surface area contributed by atoms with Gasteiger partial charge >= 0.3 is 0 Å². The van der Waals surface area contributed by atoms with Crippen LogP contribution in [0.15, 0.2) is 30.5 Å². The molecule has 3 heterocycles. The van der Waals surface area contributed by atoms with Crippen molar-refractivity contribution >= 4 is 34.7 Å². The van der Waals surface area contributed by atoms with Crippen LogP contribution in [-0.4, -0.2) is 61.3 Å². The van der Waals surface area contributed by atoms with E-state index in [0.29, 0.717) is 25.1 Å². The molecular weight excluding hydrogens is 392 g/mol. The van der Waals surface area contributed by atoms with Gasteiger partial charge in [-0.25, -0.2) is 4.98 Å². The van der Waals surface area contributed by atoms with Gasteiger partial charge in [-0.3, -0.25) is 4.79 Å². The van der Waals surface area contributed by atoms with Crippen LogP contribution in [0.25, 0.3) is 0 Å². The molecule has 0 atom stereocenters. The maximum absolute atomic E-state index is 12.7. The number of amides is 1. The molecule has 0 spiro atoms. The van der Waals surface area contributed by atoms with Gasteiger partial charge < -0.3 is 24.8 Å². The topological polar surface area (TPSA) is 73.8 Å². The zero-order valence-electron chi connectivity index (χ0n) is 18.1. The third kappa shape index (κ3) is 4.04. The maximum atomic E-state index is 12.7. The van der Waals surface area contributed by atoms with Crippen LogP contribution >= 0.6 is 0 Å². The summed E-state index contributed by atoms with van der Waals surface area (Å²) in [6.07, 6.45) is 6.46. The van der Waals surface area contributed by atoms with Crippen LogP contribution in [0.5, 0.6) is 0 Å². The number of hydrogen-bond donors (Lipinski definition) is 1. The largest absolute Gasteiger partial charge is 0.378 e. The SMILES string of the molecule is CCN1C(=O)CN(C2CCCC2)c2nc(Nc3ccc(N4CCOCC4)cc3)ncc21. The van der Waals surface area contributed by atoms with Gasteiger partial charge in [-0.05, 0) is 44.0 Å². The zero-order valence-corrected chi connectivity index (χ0v) is 18.1. The fraction of sp³-hybridized carbons (Fsp3) is 0.522. The van der Waals surface area contributed by atoms with Gasteiger partial charge in [-0.2, -0.15) is 4.98 Å². The van der Waals surface area contributed by atoms with E-state index in [1.807, 2.05) is 6.92 Å². The van der Waals surface area contributed by atoms with Crippen molar-refractivity contribution in [1.82, 2.24) is 9.97 Å². The highest BCUT2D eigenvalue weighted by Crippen LogP contribution is 2.37. The highest BCUT2D eigenvalue weighted by Gasteiger charge is 2.35. The van der Waals surface area contributed by atoms with Gasteiger partial charge in [-0.15, -0.1) is 0 Å². The number of nitrogens with one attached hydrogen (secondary N) is 1. The Morgan fingerprint density at radius 1 is 1.13 bits per heavy atom. The van der Waals surface area contributed by atoms with Crippen molar-refractivity contribution in [3.8, 4) is 0 Å². The van der Waals surface area contributed by atoms with Crippen molar-refractivity contribution < 1.29 is 9.53 Å². The molecule has 3 aliphatic rings. The van der Waals surface area contributed by atoms with Crippen molar-refractivity contribution in [1.29, 1.82) is 0 Å². The Morgan fingerprint density at radius 3 is 2.58 bits per heavy atom. The van der Waals surface area contributed by atoms with Crippen LogP contribution in [0.1, 0.15) is 32.6 Å². The van der Waals surface area contributed by atoms with Gasteiger partial charge in [-0.1, -0.05) is 12.8 Å². The molecule has 8 heteroatoms. The van der Waals surface area contributed by atoms with Crippen molar-refractivity contribution in [2.24, 2.45) is 0 Å². The number of hydrogen-bond acceptors (Lipinski definition) is 7. The Balaban J connectivity index is 1.38. The first-order valence-corrected chi connectivity index (χ1v) is 11.4. The first-order valence-electron chi connectivity index (χ1n) is 11.4. The van der Waals surface area contributed by atoms with Gasteiger partial charge in [0.2, 0.25) is 11.9 Å². The summed E-state index contributed by atoms with van der Waals surface area (Å²) in [6, 6.07) is 8.74. The summed E-state index contributed by atoms with van der Waals surface area (Å²) in [7, 11) is 0. The van der Waals surface area contributed by atoms with E-state index < -0.39 is 0 Å². The molecule has 1 saturated carbocycles. The standard InChI is InChI=1S/C23H30N6O2/c1-2-28-20-15-24-23(26-22(20)29(16-21(28)30)19-5-3-4-6-19)25-17-7-9-18(10-8-17)27-11-13-31-14-12-27/h7-10,15,19H,2-6,11-14,16H2,1H3,(H,24,25,26). The smallest absolute Gasteiger partial charge is 0.246 e. The lowest BCUT2D eigenvalue weighted by atomic mass is 10.1. The fourth-order valence-corrected chi connectivity index (χ4v) is 4.84. The first-order chi connectivity index (χ1) is 15.2. The molecule has 164 valence electrons. The number of nitrogens with zero attached hydrogens (tertiary/aromatic N) is 5. The summed E-state index contributed by atoms with van der Waals surface area (Å²) in [5.74, 6) is 1.56. The van der Waals surface area contributed by atoms with Crippen LogP contribution < -0.4 is 20.0 Å². The second-order valence-electron chi connectivity index (χ2n) is 8.38. The van der Waals surface area contributed by atoms with Crippen LogP contribution in [0.3, 0.4) is 0 Å². The van der Waals surface area contributed by atoms with Crippen LogP contribution in [-0.2, 0) is 9.53 Å². The normalized spacial score (nSPS) is 19.6. The van der Waals surface area contributed by atoms with Crippen molar-refractivity contribution in [2.75, 3.05) is 59.4 Å². The van der Waals surface area contributed by atoms with Gasteiger partial charge in [0.25, 0.3) is 0 Å². The summed E-state index contributed by atoms with van der Waals surface area (Å²) < 4.78 is 5.44. The van der Waals surface area contributed by atoms with Gasteiger partial charge in [0.1, 0.15) is 5.69 Å². The summed E-state index contributed by atoms with van der Waals surface area (Å²) in [5, 5.41) is 3.34. The Morgan fingerprint density at radius 2 is 1.87 bits per heavy atom. The van der Waals surface area contributed by atoms with Crippen LogP contribution in [0.4, 0.5) is 28.8 Å². The minimum absolute atomic E-state index is 0.130. The number of morpholine rings is 1. The maximum Gasteiger partial charge on any atom is 0.246 e. The lowest BCUT2D eigenvalue weighted by Crippen LogP contribution is -2.49. The molecule has 31 heavy (non-hydrogen) atoms. The molecule has 0 radical (unpaired) electrons. The molecule has 2 fully saturated rings. The second kappa shape index (κ2) is 8.70. The number of aromatic nitrogens is 2. The van der Waals surface area contributed by atoms with E-state index in [0.717, 1.165) is 56.3 Å². The Hall–Kier alpha value is -2.87. The second-order valence-corrected chi connectivity index (χ2v) is 8.38. The fourth-order valence-electron chi connectivity index (χ4n) is 4.84. The van der Waals surface area contributed by atoms with Gasteiger partial charge in [0, 0.05) is 37.1 Å². The number of likely N-dealkylation sites (N-methyl/N-ethyl adjacent to an activating group) is 1. The molecule has 8 nitrogen and oxygen atoms in total. The third-order valence-corrected chi connectivity index (χ3v) is 6.50. The van der Waals surface area contributed by atoms with E-state index in [1.54, 1.807) is 11.1 Å². The van der Waals surface area contributed by atoms with Crippen LogP contribution in [0.2, 0.25) is 0 Å². The lowest BCUT2D eigenvalue weighted by molar-refractivity contribution is -0.117. The van der Waals surface area contributed by atoms with E-state index in [-0.39, 0.29) is 5.91 Å². The molecular formula is C23H30N6O2. The summed E-state index contributed by atoms with van der Waals surface area (Å²) >= 11 is 0. The molecule has 1 aromatic carbocycles. The Bertz CT molecular complexity index is 922. The van der Waals surface area contributed by atoms with Crippen molar-refractivity contribution in [3.63, 3.8) is 0 Å². The van der Waals surface area contributed by atoms with E-state index in [9.17, 15) is 4.79 Å². The van der Waals surface area contributed by atoms with Crippen molar-refractivity contribution in [2.45, 2.75) is 38.6 Å². The molecule has 1 aliphatic carbocycles. The number of ether oxygens (including phenoxy) is 1. The zero-order chi connectivity index (χ0) is 21.2. The number of carbonyl (C=O) groups is 1. The van der Waals surface area contributed by atoms with E-state index in [4.69, 9.17) is 9.72 Å². The lowest BCUT2D eigenvalue weighted by Gasteiger charge is -2.38. The molecule has 0 bridgehead atoms. The number of benzene rings is 1. The first kappa shape index (κ1) is 20.1.